The summed E-state index contributed by atoms with van der Waals surface area (Å²) < 4.78 is 2.35. The number of imidazole rings is 1. The molecule has 0 saturated heterocycles. The Labute approximate surface area is 189 Å². The lowest BCUT2D eigenvalue weighted by Gasteiger charge is -2.34. The van der Waals surface area contributed by atoms with E-state index in [4.69, 9.17) is 4.98 Å². The summed E-state index contributed by atoms with van der Waals surface area (Å²) in [5, 5.41) is 0. The lowest BCUT2D eigenvalue weighted by molar-refractivity contribution is 0.551. The quantitative estimate of drug-likeness (QED) is 0.490. The highest BCUT2D eigenvalue weighted by Gasteiger charge is 2.42. The van der Waals surface area contributed by atoms with Crippen molar-refractivity contribution in [1.82, 2.24) is 9.55 Å². The molecule has 0 atom stereocenters. The highest BCUT2D eigenvalue weighted by atomic mass is 15.1. The molecule has 2 aliphatic carbocycles. The van der Waals surface area contributed by atoms with E-state index >= 15 is 0 Å². The first kappa shape index (κ1) is 23.1. The average molecular weight is 415 g/mol. The smallest absolute Gasteiger partial charge is 0.144 e. The molecule has 0 amide bonds. The van der Waals surface area contributed by atoms with E-state index in [-0.39, 0.29) is 5.41 Å². The number of hydrogen-bond acceptors (Lipinski definition) is 1. The number of hydrogen-bond donors (Lipinski definition) is 0. The fraction of sp³-hybridized carbons (Fsp3) is 0.414. The maximum absolute atomic E-state index is 4.77. The first-order valence-electron chi connectivity index (χ1n) is 11.8. The molecule has 0 spiro atoms. The summed E-state index contributed by atoms with van der Waals surface area (Å²) in [5.41, 5.74) is 10.0. The van der Waals surface area contributed by atoms with E-state index < -0.39 is 0 Å². The standard InChI is InChI=1S/C27H32N2.C2H6/c1-7-11-22-19(4)27(5,6)24-23(22)15-14-21(18(2)3)25(24)29-17-16-28-26(29)20-12-9-8-10-13-20;1-2/h7-13,16-18H,14-15H2,1-6H3;1-2H3/b11-7-;. The van der Waals surface area contributed by atoms with Crippen LogP contribution in [0.25, 0.3) is 17.1 Å². The van der Waals surface area contributed by atoms with Gasteiger partial charge < -0.3 is 0 Å². The van der Waals surface area contributed by atoms with Crippen molar-refractivity contribution in [3.63, 3.8) is 0 Å². The van der Waals surface area contributed by atoms with Crippen LogP contribution >= 0.6 is 0 Å². The molecule has 1 aromatic carbocycles. The molecule has 0 radical (unpaired) electrons. The number of benzene rings is 1. The second-order valence-electron chi connectivity index (χ2n) is 9.03. The zero-order chi connectivity index (χ0) is 22.8. The van der Waals surface area contributed by atoms with E-state index in [1.54, 1.807) is 5.57 Å². The number of allylic oxidation sites excluding steroid dienone is 8. The van der Waals surface area contributed by atoms with Gasteiger partial charge in [-0.15, -0.1) is 0 Å². The Morgan fingerprint density at radius 2 is 1.74 bits per heavy atom. The maximum Gasteiger partial charge on any atom is 0.144 e. The highest BCUT2D eigenvalue weighted by Crippen LogP contribution is 2.56. The van der Waals surface area contributed by atoms with Crippen LogP contribution in [0.2, 0.25) is 0 Å². The second kappa shape index (κ2) is 9.26. The molecule has 0 saturated carbocycles. The second-order valence-corrected chi connectivity index (χ2v) is 9.03. The molecule has 2 heteroatoms. The molecule has 1 heterocycles. The van der Waals surface area contributed by atoms with Gasteiger partial charge in [0.15, 0.2) is 0 Å². The molecule has 1 aromatic heterocycles. The molecule has 0 unspecified atom stereocenters. The summed E-state index contributed by atoms with van der Waals surface area (Å²) in [7, 11) is 0. The molecule has 0 aliphatic heterocycles. The molecule has 2 nitrogen and oxygen atoms in total. The van der Waals surface area contributed by atoms with Crippen LogP contribution in [0.5, 0.6) is 0 Å². The summed E-state index contributed by atoms with van der Waals surface area (Å²) >= 11 is 0. The zero-order valence-corrected chi connectivity index (χ0v) is 20.6. The normalized spacial score (nSPS) is 18.1. The molecule has 2 aliphatic rings. The van der Waals surface area contributed by atoms with Crippen molar-refractivity contribution >= 4 is 5.70 Å². The van der Waals surface area contributed by atoms with Gasteiger partial charge in [0, 0.05) is 23.4 Å². The van der Waals surface area contributed by atoms with Gasteiger partial charge in [-0.2, -0.15) is 0 Å². The summed E-state index contributed by atoms with van der Waals surface area (Å²) in [6, 6.07) is 10.6. The van der Waals surface area contributed by atoms with Crippen molar-refractivity contribution in [2.45, 2.75) is 68.2 Å². The molecule has 4 rings (SSSR count). The fourth-order valence-corrected chi connectivity index (χ4v) is 5.01. The van der Waals surface area contributed by atoms with Gasteiger partial charge in [-0.05, 0) is 54.9 Å². The van der Waals surface area contributed by atoms with E-state index in [1.165, 1.54) is 28.0 Å². The van der Waals surface area contributed by atoms with Gasteiger partial charge in [0.2, 0.25) is 0 Å². The largest absolute Gasteiger partial charge is 0.300 e. The number of aromatic nitrogens is 2. The number of rotatable bonds is 4. The van der Waals surface area contributed by atoms with Crippen LogP contribution in [0.1, 0.15) is 68.2 Å². The molecular weight excluding hydrogens is 376 g/mol. The van der Waals surface area contributed by atoms with Crippen LogP contribution in [-0.2, 0) is 0 Å². The molecular formula is C29H38N2. The third-order valence-corrected chi connectivity index (χ3v) is 6.72. The first-order valence-corrected chi connectivity index (χ1v) is 11.8. The molecule has 0 fully saturated rings. The van der Waals surface area contributed by atoms with Crippen LogP contribution in [0.4, 0.5) is 0 Å². The molecule has 0 N–H and O–H groups in total. The van der Waals surface area contributed by atoms with Crippen LogP contribution in [0, 0.1) is 11.3 Å². The Kier molecular flexibility index (Phi) is 6.89. The van der Waals surface area contributed by atoms with E-state index in [9.17, 15) is 0 Å². The summed E-state index contributed by atoms with van der Waals surface area (Å²) in [6.07, 6.45) is 10.8. The van der Waals surface area contributed by atoms with Crippen molar-refractivity contribution in [3.05, 3.63) is 82.7 Å². The minimum atomic E-state index is 0.0122. The van der Waals surface area contributed by atoms with Crippen LogP contribution in [0.15, 0.2) is 82.7 Å². The Morgan fingerprint density at radius 1 is 1.06 bits per heavy atom. The third kappa shape index (κ3) is 3.89. The van der Waals surface area contributed by atoms with Gasteiger partial charge in [0.1, 0.15) is 5.82 Å². The van der Waals surface area contributed by atoms with Crippen molar-refractivity contribution in [2.24, 2.45) is 11.3 Å². The lowest BCUT2D eigenvalue weighted by atomic mass is 9.74. The Bertz CT molecular complexity index is 1050. The number of nitrogens with zero attached hydrogens (tertiary/aromatic N) is 2. The summed E-state index contributed by atoms with van der Waals surface area (Å²) in [5.74, 6) is 1.53. The molecule has 2 aromatic rings. The van der Waals surface area contributed by atoms with Gasteiger partial charge in [0.05, 0.1) is 5.70 Å². The summed E-state index contributed by atoms with van der Waals surface area (Å²) in [6.45, 7) is 17.9. The van der Waals surface area contributed by atoms with Crippen molar-refractivity contribution in [3.8, 4) is 11.4 Å². The predicted octanol–water partition coefficient (Wildman–Crippen LogP) is 8.47. The molecule has 31 heavy (non-hydrogen) atoms. The van der Waals surface area contributed by atoms with E-state index in [1.807, 2.05) is 20.0 Å². The van der Waals surface area contributed by atoms with Gasteiger partial charge in [-0.1, -0.05) is 89.6 Å². The van der Waals surface area contributed by atoms with Crippen LogP contribution in [-0.4, -0.2) is 9.55 Å². The van der Waals surface area contributed by atoms with Crippen LogP contribution < -0.4 is 0 Å². The van der Waals surface area contributed by atoms with E-state index in [0.717, 1.165) is 24.2 Å². The zero-order valence-electron chi connectivity index (χ0n) is 20.6. The minimum absolute atomic E-state index is 0.0122. The summed E-state index contributed by atoms with van der Waals surface area (Å²) in [4.78, 5) is 4.77. The van der Waals surface area contributed by atoms with Gasteiger partial charge in [0.25, 0.3) is 0 Å². The van der Waals surface area contributed by atoms with Gasteiger partial charge in [-0.25, -0.2) is 4.98 Å². The SMILES string of the molecule is C/C=C\C1=C(C)C(C)(C)C2=C1CCC(C(C)C)=C2n1ccnc1-c1ccccc1.CC. The average Bonchev–Trinajstić information content (AvgIpc) is 3.33. The van der Waals surface area contributed by atoms with Gasteiger partial charge in [-0.3, -0.25) is 4.57 Å². The predicted molar refractivity (Wildman–Crippen MR) is 135 cm³/mol. The first-order chi connectivity index (χ1) is 14.9. The van der Waals surface area contributed by atoms with E-state index in [2.05, 4.69) is 94.8 Å². The van der Waals surface area contributed by atoms with Crippen molar-refractivity contribution < 1.29 is 0 Å². The minimum Gasteiger partial charge on any atom is -0.300 e. The van der Waals surface area contributed by atoms with E-state index in [0.29, 0.717) is 5.92 Å². The highest BCUT2D eigenvalue weighted by molar-refractivity contribution is 5.82. The van der Waals surface area contributed by atoms with Gasteiger partial charge >= 0.3 is 0 Å². The Hall–Kier alpha value is -2.61. The molecule has 164 valence electrons. The van der Waals surface area contributed by atoms with Crippen LogP contribution in [0.3, 0.4) is 0 Å². The Balaban J connectivity index is 0.00000132. The topological polar surface area (TPSA) is 17.8 Å². The Morgan fingerprint density at radius 3 is 2.35 bits per heavy atom. The van der Waals surface area contributed by atoms with Crippen molar-refractivity contribution in [1.29, 1.82) is 0 Å². The maximum atomic E-state index is 4.77. The van der Waals surface area contributed by atoms with Crippen molar-refractivity contribution in [2.75, 3.05) is 0 Å². The molecule has 0 bridgehead atoms. The monoisotopic (exact) mass is 414 g/mol. The lowest BCUT2D eigenvalue weighted by Crippen LogP contribution is -2.22. The third-order valence-electron chi connectivity index (χ3n) is 6.72. The fourth-order valence-electron chi connectivity index (χ4n) is 5.01.